The lowest BCUT2D eigenvalue weighted by atomic mass is 9.33. The van der Waals surface area contributed by atoms with Gasteiger partial charge in [0.1, 0.15) is 30.7 Å². The quantitative estimate of drug-likeness (QED) is 0.0982. The molecule has 2 aromatic rings. The maximum atomic E-state index is 16.0. The van der Waals surface area contributed by atoms with Gasteiger partial charge in [0, 0.05) is 90.7 Å². The number of ether oxygens (including phenoxy) is 1. The first-order chi connectivity index (χ1) is 41.4. The number of anilines is 1. The summed E-state index contributed by atoms with van der Waals surface area (Å²) in [6.45, 7) is 32.2. The molecule has 4 saturated carbocycles. The van der Waals surface area contributed by atoms with E-state index in [0.717, 1.165) is 137 Å². The average Bonchev–Trinajstić information content (AvgIpc) is 0.821. The number of hydrogen-bond donors (Lipinski definition) is 0. The fourth-order valence-electron chi connectivity index (χ4n) is 19.8. The number of fused-ring (bicyclic) bond motifs is 10. The summed E-state index contributed by atoms with van der Waals surface area (Å²) >= 11 is 0. The van der Waals surface area contributed by atoms with Gasteiger partial charge in [0.05, 0.1) is 11.5 Å². The first kappa shape index (κ1) is 64.0. The van der Waals surface area contributed by atoms with Crippen molar-refractivity contribution in [2.24, 2.45) is 50.2 Å². The highest BCUT2D eigenvalue weighted by atomic mass is 35.7. The minimum atomic E-state index is -4.94. The number of rotatable bonds is 7. The minimum Gasteiger partial charge on any atom is -0.462 e. The Kier molecular flexibility index (Phi) is 16.9. The number of carbonyl (C=O) groups excluding carboxylic acids is 3. The van der Waals surface area contributed by atoms with Crippen LogP contribution in [0.3, 0.4) is 0 Å². The third kappa shape index (κ3) is 10.8. The first-order valence-corrected chi connectivity index (χ1v) is 34.3. The fourth-order valence-corrected chi connectivity index (χ4v) is 19.8. The van der Waals surface area contributed by atoms with Gasteiger partial charge < -0.3 is 23.9 Å². The summed E-state index contributed by atoms with van der Waals surface area (Å²) in [4.78, 5) is 50.4. The molecule has 88 heavy (non-hydrogen) atoms. The Morgan fingerprint density at radius 3 is 2.15 bits per heavy atom. The summed E-state index contributed by atoms with van der Waals surface area (Å²) in [6.07, 6.45) is 21.1. The van der Waals surface area contributed by atoms with Crippen molar-refractivity contribution in [1.82, 2.24) is 14.4 Å². The number of carbonyl (C=O) groups is 3. The monoisotopic (exact) mass is 1220 g/mol. The van der Waals surface area contributed by atoms with Crippen molar-refractivity contribution in [3.8, 4) is 22.5 Å². The van der Waals surface area contributed by atoms with Crippen LogP contribution in [-0.2, 0) is 26.2 Å². The lowest BCUT2D eigenvalue weighted by Crippen LogP contribution is -2.68. The number of esters is 1. The highest BCUT2D eigenvalue weighted by molar-refractivity contribution is 6.04. The number of para-hydroxylation sites is 1. The van der Waals surface area contributed by atoms with Crippen LogP contribution in [0.5, 0.6) is 0 Å². The SMILES string of the molecule is CC[N+](CC)=c1ccc2c(-c3ccccc3C(=O)N3CCCN(C(=O)[C@]45CCC(C)(C)C[C@H]4C4=CC[C@@H]6[C@@]7(C)CC[C@H](OC(C)=O)C(C)(C)[C@@H]7CC[C@@]6(C)[C@]4(C)CC5)CC3)c3c(oc-2c1)/C(=C/C=C1/N(C)c2ccccc2C1(C)C)CCC3.[O-][Cl+3]([O-])([O-])[O-]. The summed E-state index contributed by atoms with van der Waals surface area (Å²) in [5.41, 5.74) is 11.2. The summed E-state index contributed by atoms with van der Waals surface area (Å²) in [6, 6.07) is 23.7. The zero-order chi connectivity index (χ0) is 63.3. The minimum absolute atomic E-state index is 0.00454. The number of halogens is 1. The Morgan fingerprint density at radius 1 is 0.750 bits per heavy atom. The van der Waals surface area contributed by atoms with Crippen LogP contribution >= 0.6 is 0 Å². The third-order valence-electron chi connectivity index (χ3n) is 24.5. The molecule has 7 aliphatic carbocycles. The molecule has 474 valence electrons. The number of amides is 2. The molecule has 2 aromatic carbocycles. The van der Waals surface area contributed by atoms with Crippen molar-refractivity contribution < 1.29 is 52.4 Å². The van der Waals surface area contributed by atoms with E-state index in [1.54, 1.807) is 12.5 Å². The van der Waals surface area contributed by atoms with E-state index < -0.39 is 15.7 Å². The van der Waals surface area contributed by atoms with Crippen LogP contribution < -0.4 is 33.5 Å². The molecule has 0 N–H and O–H groups in total. The van der Waals surface area contributed by atoms with Gasteiger partial charge >= 0.3 is 5.97 Å². The van der Waals surface area contributed by atoms with E-state index in [-0.39, 0.29) is 56.4 Å². The molecule has 3 aliphatic heterocycles. The van der Waals surface area contributed by atoms with E-state index in [1.165, 1.54) is 28.1 Å². The molecule has 13 nitrogen and oxygen atoms in total. The third-order valence-corrected chi connectivity index (χ3v) is 24.5. The van der Waals surface area contributed by atoms with Crippen LogP contribution in [-0.4, -0.2) is 80.0 Å². The van der Waals surface area contributed by atoms with Gasteiger partial charge in [-0.2, -0.15) is 0 Å². The zero-order valence-electron chi connectivity index (χ0n) is 54.9. The van der Waals surface area contributed by atoms with Gasteiger partial charge in [-0.1, -0.05) is 116 Å². The largest absolute Gasteiger partial charge is 0.462 e. The topological polar surface area (TPSA) is 179 Å². The number of nitrogens with zero attached hydrogens (tertiary/aromatic N) is 4. The standard InChI is InChI=1S/C74H97N4O5.ClHO4/c1-14-76(15-2)50-29-30-53-59(46-50)83-65-49(28-33-62-69(6,7)56-26-18-19-27-58(56)75(62)13)22-20-25-54(65)64(53)51-23-16-17-24-52(51)66(80)77-42-21-43-78(45-44-77)67(81)74-40-38-68(4,5)47-57(74)55-31-32-61-71(10)36-35-63(82-48(3)79)70(8,9)60(71)34-37-73(61,12)72(55,11)39-41-74;2-1(3,4)5/h16-19,23-24,26-31,33,46,57,60-61,63H,14-15,20-22,25,32,34-45,47H2,1-13H3;(H,2,3,4,5)/q+1;/p-1/t57-,60-,61+,63-,71-,72+,73+,74-;/m0./s1. The number of likely N-dealkylation sites (N-methyl/N-ethyl adjacent to an activating group) is 1. The summed E-state index contributed by atoms with van der Waals surface area (Å²) in [7, 11) is -2.76. The predicted molar refractivity (Wildman–Crippen MR) is 336 cm³/mol. The summed E-state index contributed by atoms with van der Waals surface area (Å²) < 4.78 is 49.6. The normalized spacial score (nSPS) is 31.1. The van der Waals surface area contributed by atoms with Crippen molar-refractivity contribution in [3.05, 3.63) is 124 Å². The summed E-state index contributed by atoms with van der Waals surface area (Å²) in [5, 5.41) is 1.13. The molecule has 5 fully saturated rings. The molecule has 2 amide bonds. The first-order valence-electron chi connectivity index (χ1n) is 33.0. The van der Waals surface area contributed by atoms with Gasteiger partial charge in [-0.15, -0.1) is 10.2 Å². The van der Waals surface area contributed by atoms with Crippen LogP contribution in [0, 0.1) is 60.5 Å². The van der Waals surface area contributed by atoms with Crippen molar-refractivity contribution in [3.63, 3.8) is 0 Å². The molecule has 0 aromatic heterocycles. The van der Waals surface area contributed by atoms with Gasteiger partial charge in [-0.25, -0.2) is 23.2 Å². The van der Waals surface area contributed by atoms with Crippen molar-refractivity contribution in [2.45, 2.75) is 184 Å². The molecule has 0 bridgehead atoms. The van der Waals surface area contributed by atoms with Crippen LogP contribution in [0.4, 0.5) is 5.69 Å². The van der Waals surface area contributed by atoms with E-state index in [2.05, 4.69) is 175 Å². The molecule has 3 heterocycles. The highest BCUT2D eigenvalue weighted by Crippen LogP contribution is 2.76. The van der Waals surface area contributed by atoms with Gasteiger partial charge in [0.25, 0.3) is 5.91 Å². The second kappa shape index (κ2) is 23.3. The van der Waals surface area contributed by atoms with Gasteiger partial charge in [-0.3, -0.25) is 14.4 Å². The number of benzene rings is 3. The molecule has 0 spiro atoms. The van der Waals surface area contributed by atoms with Crippen LogP contribution in [0.1, 0.15) is 194 Å². The van der Waals surface area contributed by atoms with Crippen LogP contribution in [0.2, 0.25) is 0 Å². The maximum Gasteiger partial charge on any atom is 0.302 e. The summed E-state index contributed by atoms with van der Waals surface area (Å²) in [5.74, 6) is 3.17. The van der Waals surface area contributed by atoms with Crippen molar-refractivity contribution >= 4 is 29.0 Å². The molecular formula is C74H97ClN4O9. The van der Waals surface area contributed by atoms with Crippen LogP contribution in [0.15, 0.2) is 101 Å². The molecular weight excluding hydrogens is 1120 g/mol. The molecule has 14 heteroatoms. The molecule has 12 rings (SSSR count). The Balaban J connectivity index is 0.00000154. The molecule has 8 atom stereocenters. The van der Waals surface area contributed by atoms with E-state index >= 15 is 9.59 Å². The molecule has 0 radical (unpaired) electrons. The number of allylic oxidation sites excluding steroid dienone is 6. The second-order valence-corrected chi connectivity index (χ2v) is 30.9. The van der Waals surface area contributed by atoms with E-state index in [0.29, 0.717) is 49.5 Å². The Hall–Kier alpha value is -5.57. The highest BCUT2D eigenvalue weighted by Gasteiger charge is 2.70. The number of hydrogen-bond acceptors (Lipinski definition) is 10. The molecule has 0 unspecified atom stereocenters. The predicted octanol–water partition coefficient (Wildman–Crippen LogP) is 10.5. The second-order valence-electron chi connectivity index (χ2n) is 30.1. The van der Waals surface area contributed by atoms with Gasteiger partial charge in [0.15, 0.2) is 0 Å². The Labute approximate surface area is 525 Å². The van der Waals surface area contributed by atoms with Gasteiger partial charge in [-0.05, 0) is 184 Å². The lowest BCUT2D eigenvalue weighted by molar-refractivity contribution is -2.00. The van der Waals surface area contributed by atoms with Crippen molar-refractivity contribution in [1.29, 1.82) is 0 Å². The maximum absolute atomic E-state index is 16.0. The van der Waals surface area contributed by atoms with Crippen LogP contribution in [0.25, 0.3) is 28.0 Å². The molecule has 1 saturated heterocycles. The fraction of sp³-hybridized carbons (Fsp3) is 0.595. The van der Waals surface area contributed by atoms with Crippen molar-refractivity contribution in [2.75, 3.05) is 51.2 Å². The smallest absolute Gasteiger partial charge is 0.302 e. The Bertz CT molecular complexity index is 3520. The van der Waals surface area contributed by atoms with E-state index in [4.69, 9.17) is 27.8 Å². The molecule has 10 aliphatic rings. The Morgan fingerprint density at radius 2 is 1.43 bits per heavy atom. The average molecular weight is 1220 g/mol. The lowest BCUT2D eigenvalue weighted by Gasteiger charge is -2.71. The zero-order valence-corrected chi connectivity index (χ0v) is 55.6. The van der Waals surface area contributed by atoms with E-state index in [1.807, 2.05) is 12.1 Å². The van der Waals surface area contributed by atoms with E-state index in [9.17, 15) is 4.79 Å². The van der Waals surface area contributed by atoms with Gasteiger partial charge in [0.2, 0.25) is 11.3 Å².